The number of amides is 6. The Morgan fingerprint density at radius 2 is 1.54 bits per heavy atom. The summed E-state index contributed by atoms with van der Waals surface area (Å²) >= 11 is 0. The average molecular weight is 939 g/mol. The van der Waals surface area contributed by atoms with E-state index in [1.54, 1.807) is 29.2 Å². The molecule has 1 aliphatic heterocycles. The summed E-state index contributed by atoms with van der Waals surface area (Å²) in [5, 5.41) is 37.4. The van der Waals surface area contributed by atoms with Gasteiger partial charge in [0.25, 0.3) is 5.91 Å². The molecule has 4 atom stereocenters. The Labute approximate surface area is 387 Å². The molecule has 2 fully saturated rings. The summed E-state index contributed by atoms with van der Waals surface area (Å²) in [6.07, 6.45) is -6.92. The maximum atomic E-state index is 13.8. The van der Waals surface area contributed by atoms with Gasteiger partial charge in [-0.2, -0.15) is 18.4 Å². The Bertz CT molecular complexity index is 2580. The third-order valence-electron chi connectivity index (χ3n) is 11.7. The maximum Gasteiger partial charge on any atom is 0.490 e. The standard InChI is InChI=1S/C46H49F3N12O7/c1-2-35(62)57-33-23-34(37(63)38(33)68-43(65)46(47,48)49)61-26-54-36-39(53-25-32(28-9-5-3-6-10-28)29-11-7-4-8-12-29)58-40(59-41(36)61)42(64)51-19-20-52-44(66)55-31-17-21-60(22-18-31)45(67)56-30-15-13-27(24-50)14-16-30/h3-16,26,31-34,37-38,63H,2,17-23,25H2,1H3,(H,51,64)(H,56,67)(H,57,62)(H2,52,55,66)(H,53,58,59)/t33-,34+,37-,38+/m0/s1. The number of carbonyl (C=O) groups is 5. The lowest BCUT2D eigenvalue weighted by Gasteiger charge is -2.32. The van der Waals surface area contributed by atoms with Crippen LogP contribution in [0.25, 0.3) is 11.2 Å². The number of imidazole rings is 1. The fourth-order valence-electron chi connectivity index (χ4n) is 8.17. The summed E-state index contributed by atoms with van der Waals surface area (Å²) in [5.41, 5.74) is 3.12. The lowest BCUT2D eigenvalue weighted by atomic mass is 9.91. The van der Waals surface area contributed by atoms with Crippen molar-refractivity contribution in [3.8, 4) is 6.07 Å². The van der Waals surface area contributed by atoms with Crippen LogP contribution in [0.5, 0.6) is 0 Å². The van der Waals surface area contributed by atoms with Gasteiger partial charge < -0.3 is 51.2 Å². The number of aliphatic hydroxyl groups excluding tert-OH is 1. The number of nitrogens with zero attached hydrogens (tertiary/aromatic N) is 6. The second-order valence-electron chi connectivity index (χ2n) is 16.2. The topological polar surface area (TPSA) is 258 Å². The fourth-order valence-corrected chi connectivity index (χ4v) is 8.17. The van der Waals surface area contributed by atoms with Crippen molar-refractivity contribution in [1.82, 2.24) is 45.7 Å². The van der Waals surface area contributed by atoms with Crippen LogP contribution in [-0.4, -0.2) is 123 Å². The molecule has 5 aromatic rings. The predicted molar refractivity (Wildman–Crippen MR) is 240 cm³/mol. The number of hydrogen-bond acceptors (Lipinski definition) is 12. The molecule has 0 spiro atoms. The number of esters is 1. The van der Waals surface area contributed by atoms with E-state index in [1.807, 2.05) is 66.7 Å². The first-order chi connectivity index (χ1) is 32.7. The van der Waals surface area contributed by atoms with Crippen molar-refractivity contribution in [2.45, 2.75) is 75.0 Å². The SMILES string of the molecule is CCC(=O)N[C@H]1C[C@@H](n2cnc3c(NCC(c4ccccc4)c4ccccc4)nc(C(=O)NCCNC(=O)NC4CCN(C(=O)Nc5ccc(C#N)cc5)CC4)nc32)[C@H](O)[C@@H]1OC(=O)C(F)(F)F. The van der Waals surface area contributed by atoms with Crippen LogP contribution in [0.15, 0.2) is 91.3 Å². The molecule has 2 aliphatic rings. The molecule has 3 heterocycles. The van der Waals surface area contributed by atoms with E-state index in [4.69, 9.17) is 10.00 Å². The van der Waals surface area contributed by atoms with E-state index >= 15 is 0 Å². The molecule has 7 rings (SSSR count). The van der Waals surface area contributed by atoms with E-state index in [-0.39, 0.29) is 73.3 Å². The predicted octanol–water partition coefficient (Wildman–Crippen LogP) is 4.34. The Morgan fingerprint density at radius 3 is 2.16 bits per heavy atom. The molecule has 6 amide bonds. The van der Waals surface area contributed by atoms with Crippen LogP contribution < -0.4 is 31.9 Å². The number of nitriles is 1. The minimum absolute atomic E-state index is 0.00169. The number of urea groups is 2. The smallest absolute Gasteiger partial charge is 0.451 e. The van der Waals surface area contributed by atoms with Crippen molar-refractivity contribution in [2.75, 3.05) is 43.4 Å². The molecule has 7 N–H and O–H groups in total. The number of benzene rings is 3. The number of ether oxygens (including phenoxy) is 1. The van der Waals surface area contributed by atoms with Crippen molar-refractivity contribution in [2.24, 2.45) is 0 Å². The van der Waals surface area contributed by atoms with Gasteiger partial charge in [-0.25, -0.2) is 29.3 Å². The average Bonchev–Trinajstić information content (AvgIpc) is 3.90. The lowest BCUT2D eigenvalue weighted by molar-refractivity contribution is -0.209. The minimum Gasteiger partial charge on any atom is -0.451 e. The van der Waals surface area contributed by atoms with Crippen LogP contribution in [-0.2, 0) is 14.3 Å². The Hall–Kier alpha value is -7.80. The Balaban J connectivity index is 1.04. The Kier molecular flexibility index (Phi) is 15.3. The van der Waals surface area contributed by atoms with Crippen molar-refractivity contribution in [3.63, 3.8) is 0 Å². The maximum absolute atomic E-state index is 13.8. The molecule has 2 aromatic heterocycles. The molecule has 19 nitrogen and oxygen atoms in total. The number of likely N-dealkylation sites (tertiary alicyclic amines) is 1. The lowest BCUT2D eigenvalue weighted by Crippen LogP contribution is -2.50. The number of alkyl halides is 3. The van der Waals surface area contributed by atoms with Gasteiger partial charge in [-0.15, -0.1) is 0 Å². The van der Waals surface area contributed by atoms with Gasteiger partial charge in [-0.05, 0) is 54.7 Å². The van der Waals surface area contributed by atoms with Crippen LogP contribution in [0.2, 0.25) is 0 Å². The minimum atomic E-state index is -5.37. The van der Waals surface area contributed by atoms with Gasteiger partial charge >= 0.3 is 24.2 Å². The number of aliphatic hydroxyl groups is 1. The first kappa shape index (κ1) is 48.1. The zero-order valence-electron chi connectivity index (χ0n) is 36.7. The highest BCUT2D eigenvalue weighted by molar-refractivity contribution is 5.94. The summed E-state index contributed by atoms with van der Waals surface area (Å²) in [7, 11) is 0. The summed E-state index contributed by atoms with van der Waals surface area (Å²) < 4.78 is 46.2. The molecule has 22 heteroatoms. The van der Waals surface area contributed by atoms with Gasteiger partial charge in [0, 0.05) is 56.8 Å². The number of anilines is 2. The van der Waals surface area contributed by atoms with Gasteiger partial charge in [-0.3, -0.25) is 9.59 Å². The van der Waals surface area contributed by atoms with Gasteiger partial charge in [0.05, 0.1) is 30.0 Å². The summed E-state index contributed by atoms with van der Waals surface area (Å²) in [5.74, 6) is -4.29. The number of aromatic nitrogens is 4. The van der Waals surface area contributed by atoms with Crippen LogP contribution in [0, 0.1) is 11.3 Å². The second kappa shape index (κ2) is 21.7. The van der Waals surface area contributed by atoms with Crippen molar-refractivity contribution in [3.05, 3.63) is 114 Å². The van der Waals surface area contributed by atoms with Crippen LogP contribution in [0.4, 0.5) is 34.3 Å². The normalized spacial score (nSPS) is 18.3. The number of nitrogens with one attached hydrogen (secondary N) is 6. The molecule has 68 heavy (non-hydrogen) atoms. The summed E-state index contributed by atoms with van der Waals surface area (Å²) in [4.78, 5) is 78.9. The van der Waals surface area contributed by atoms with Gasteiger partial charge in [0.2, 0.25) is 11.7 Å². The van der Waals surface area contributed by atoms with E-state index in [2.05, 4.69) is 46.9 Å². The van der Waals surface area contributed by atoms with Crippen molar-refractivity contribution >= 4 is 52.5 Å². The number of piperidine rings is 1. The monoisotopic (exact) mass is 938 g/mol. The van der Waals surface area contributed by atoms with Crippen LogP contribution in [0.3, 0.4) is 0 Å². The largest absolute Gasteiger partial charge is 0.490 e. The molecule has 0 bridgehead atoms. The quantitative estimate of drug-likeness (QED) is 0.0572. The summed E-state index contributed by atoms with van der Waals surface area (Å²) in [6, 6.07) is 24.5. The molecule has 356 valence electrons. The Morgan fingerprint density at radius 1 is 0.897 bits per heavy atom. The molecule has 3 aromatic carbocycles. The molecule has 1 saturated heterocycles. The number of halogens is 3. The zero-order chi connectivity index (χ0) is 48.4. The van der Waals surface area contributed by atoms with Crippen LogP contribution >= 0.6 is 0 Å². The van der Waals surface area contributed by atoms with E-state index in [0.717, 1.165) is 11.1 Å². The van der Waals surface area contributed by atoms with Gasteiger partial charge in [0.1, 0.15) is 11.6 Å². The molecule has 1 aliphatic carbocycles. The zero-order valence-corrected chi connectivity index (χ0v) is 36.7. The number of fused-ring (bicyclic) bond motifs is 1. The third kappa shape index (κ3) is 11.8. The fraction of sp³-hybridized carbons (Fsp3) is 0.370. The van der Waals surface area contributed by atoms with Crippen molar-refractivity contribution in [1.29, 1.82) is 5.26 Å². The molecular formula is C46H49F3N12O7. The number of hydrogen-bond donors (Lipinski definition) is 7. The molecule has 0 radical (unpaired) electrons. The highest BCUT2D eigenvalue weighted by Crippen LogP contribution is 2.37. The number of rotatable bonds is 15. The van der Waals surface area contributed by atoms with E-state index in [9.17, 15) is 42.3 Å². The third-order valence-corrected chi connectivity index (χ3v) is 11.7. The highest BCUT2D eigenvalue weighted by Gasteiger charge is 2.51. The number of carbonyl (C=O) groups excluding carboxylic acids is 5. The summed E-state index contributed by atoms with van der Waals surface area (Å²) in [6.45, 7) is 2.51. The highest BCUT2D eigenvalue weighted by atomic mass is 19.4. The first-order valence-corrected chi connectivity index (χ1v) is 21.9. The van der Waals surface area contributed by atoms with Gasteiger partial charge in [0.15, 0.2) is 17.6 Å². The molecule has 1 saturated carbocycles. The first-order valence-electron chi connectivity index (χ1n) is 21.9. The molecular weight excluding hydrogens is 890 g/mol. The van der Waals surface area contributed by atoms with Crippen LogP contribution in [0.1, 0.15) is 71.9 Å². The van der Waals surface area contributed by atoms with Gasteiger partial charge in [-0.1, -0.05) is 67.6 Å². The van der Waals surface area contributed by atoms with E-state index in [1.165, 1.54) is 17.8 Å². The van der Waals surface area contributed by atoms with Crippen molar-refractivity contribution < 1.29 is 47.0 Å². The van der Waals surface area contributed by atoms with E-state index < -0.39 is 54.3 Å². The second-order valence-corrected chi connectivity index (χ2v) is 16.2. The molecule has 0 unspecified atom stereocenters. The van der Waals surface area contributed by atoms with E-state index in [0.29, 0.717) is 37.2 Å².